The third kappa shape index (κ3) is 4.01. The highest BCUT2D eigenvalue weighted by molar-refractivity contribution is 6.31. The van der Waals surface area contributed by atoms with Crippen molar-refractivity contribution >= 4 is 35.0 Å². The van der Waals surface area contributed by atoms with Crippen LogP contribution < -0.4 is 15.4 Å². The minimum Gasteiger partial charge on any atom is -0.496 e. The van der Waals surface area contributed by atoms with Crippen LogP contribution in [0.25, 0.3) is 11.1 Å². The lowest BCUT2D eigenvalue weighted by molar-refractivity contribution is -0.120. The highest BCUT2D eigenvalue weighted by atomic mass is 35.5. The predicted molar refractivity (Wildman–Crippen MR) is 131 cm³/mol. The maximum absolute atomic E-state index is 13.6. The zero-order valence-corrected chi connectivity index (χ0v) is 20.2. The van der Waals surface area contributed by atoms with Gasteiger partial charge in [0.05, 0.1) is 24.4 Å². The Bertz CT molecular complexity index is 1350. The van der Waals surface area contributed by atoms with Crippen LogP contribution in [0.1, 0.15) is 33.0 Å². The fourth-order valence-corrected chi connectivity index (χ4v) is 4.85. The van der Waals surface area contributed by atoms with Crippen molar-refractivity contribution < 1.29 is 19.1 Å². The molecule has 1 saturated heterocycles. The van der Waals surface area contributed by atoms with Crippen molar-refractivity contribution in [3.8, 4) is 16.9 Å². The average molecular weight is 494 g/mol. The van der Waals surface area contributed by atoms with Crippen molar-refractivity contribution in [2.75, 3.05) is 19.0 Å². The first-order valence-corrected chi connectivity index (χ1v) is 11.6. The topological polar surface area (TPSA) is 106 Å². The number of rotatable bonds is 4. The molecule has 2 atom stereocenters. The molecular weight excluding hydrogens is 470 g/mol. The molecule has 2 aliphatic heterocycles. The summed E-state index contributed by atoms with van der Waals surface area (Å²) in [6.45, 7) is 2.19. The molecule has 0 saturated carbocycles. The SMILES string of the molecule is COc1ccc(Cl)cc1-c1ccc2c(c1)C(=O)N1CC[C@@H](NC(=O)c3cc(C)n(C)n3)[C@H]1C(=O)N2. The van der Waals surface area contributed by atoms with E-state index in [1.165, 1.54) is 4.90 Å². The highest BCUT2D eigenvalue weighted by Crippen LogP contribution is 2.36. The molecule has 35 heavy (non-hydrogen) atoms. The van der Waals surface area contributed by atoms with Crippen molar-refractivity contribution in [1.82, 2.24) is 20.0 Å². The van der Waals surface area contributed by atoms with Gasteiger partial charge in [-0.1, -0.05) is 17.7 Å². The molecule has 0 bridgehead atoms. The lowest BCUT2D eigenvalue weighted by atomic mass is 10.0. The lowest BCUT2D eigenvalue weighted by Gasteiger charge is -2.24. The number of benzene rings is 2. The maximum Gasteiger partial charge on any atom is 0.272 e. The van der Waals surface area contributed by atoms with Gasteiger partial charge >= 0.3 is 0 Å². The summed E-state index contributed by atoms with van der Waals surface area (Å²) in [5.41, 5.74) is 3.37. The van der Waals surface area contributed by atoms with Gasteiger partial charge in [-0.2, -0.15) is 5.10 Å². The Balaban J connectivity index is 1.44. The molecule has 0 spiro atoms. The van der Waals surface area contributed by atoms with E-state index in [9.17, 15) is 14.4 Å². The van der Waals surface area contributed by atoms with Gasteiger partial charge in [-0.15, -0.1) is 0 Å². The summed E-state index contributed by atoms with van der Waals surface area (Å²) >= 11 is 6.20. The molecule has 1 aromatic heterocycles. The van der Waals surface area contributed by atoms with Crippen LogP contribution in [0.15, 0.2) is 42.5 Å². The Morgan fingerprint density at radius 3 is 2.69 bits per heavy atom. The van der Waals surface area contributed by atoms with E-state index in [2.05, 4.69) is 15.7 Å². The van der Waals surface area contributed by atoms with Crippen LogP contribution in [0.3, 0.4) is 0 Å². The van der Waals surface area contributed by atoms with Gasteiger partial charge in [0, 0.05) is 29.9 Å². The number of ether oxygens (including phenoxy) is 1. The fraction of sp³-hybridized carbons (Fsp3) is 0.280. The summed E-state index contributed by atoms with van der Waals surface area (Å²) < 4.78 is 7.07. The van der Waals surface area contributed by atoms with Gasteiger partial charge in [-0.25, -0.2) is 0 Å². The Morgan fingerprint density at radius 1 is 1.17 bits per heavy atom. The van der Waals surface area contributed by atoms with E-state index in [0.717, 1.165) is 16.8 Å². The molecule has 2 aromatic carbocycles. The molecule has 2 N–H and O–H groups in total. The molecule has 3 heterocycles. The summed E-state index contributed by atoms with van der Waals surface area (Å²) in [5.74, 6) is -0.384. The summed E-state index contributed by atoms with van der Waals surface area (Å²) in [6, 6.07) is 10.8. The van der Waals surface area contributed by atoms with Crippen LogP contribution in [0.2, 0.25) is 5.02 Å². The van der Waals surface area contributed by atoms with Crippen molar-refractivity contribution in [3.05, 3.63) is 64.4 Å². The third-order valence-corrected chi connectivity index (χ3v) is 6.81. The summed E-state index contributed by atoms with van der Waals surface area (Å²) in [6.07, 6.45) is 0.457. The number of halogens is 1. The lowest BCUT2D eigenvalue weighted by Crippen LogP contribution is -2.51. The van der Waals surface area contributed by atoms with Crippen LogP contribution in [0, 0.1) is 6.92 Å². The Hall–Kier alpha value is -3.85. The zero-order valence-electron chi connectivity index (χ0n) is 19.5. The quantitative estimate of drug-likeness (QED) is 0.581. The first kappa shape index (κ1) is 22.9. The normalized spacial score (nSPS) is 19.0. The van der Waals surface area contributed by atoms with Gasteiger partial charge in [-0.3, -0.25) is 19.1 Å². The molecule has 3 amide bonds. The van der Waals surface area contributed by atoms with Crippen molar-refractivity contribution in [2.45, 2.75) is 25.4 Å². The zero-order chi connectivity index (χ0) is 24.9. The number of amides is 3. The van der Waals surface area contributed by atoms with E-state index in [1.807, 2.05) is 6.92 Å². The summed E-state index contributed by atoms with van der Waals surface area (Å²) in [7, 11) is 3.32. The van der Waals surface area contributed by atoms with Crippen LogP contribution >= 0.6 is 11.6 Å². The molecule has 5 rings (SSSR count). The smallest absolute Gasteiger partial charge is 0.272 e. The number of aromatic nitrogens is 2. The molecule has 1 fully saturated rings. The fourth-order valence-electron chi connectivity index (χ4n) is 4.67. The molecule has 0 radical (unpaired) electrons. The van der Waals surface area contributed by atoms with Gasteiger partial charge in [0.2, 0.25) is 5.91 Å². The summed E-state index contributed by atoms with van der Waals surface area (Å²) in [4.78, 5) is 41.0. The number of anilines is 1. The summed E-state index contributed by atoms with van der Waals surface area (Å²) in [5, 5.41) is 10.5. The number of nitrogens with zero attached hydrogens (tertiary/aromatic N) is 3. The minimum absolute atomic E-state index is 0.271. The second-order valence-corrected chi connectivity index (χ2v) is 9.14. The highest BCUT2D eigenvalue weighted by Gasteiger charge is 2.45. The molecule has 180 valence electrons. The molecule has 3 aromatic rings. The van der Waals surface area contributed by atoms with Gasteiger partial charge in [0.1, 0.15) is 17.5 Å². The van der Waals surface area contributed by atoms with Crippen LogP contribution in [0.5, 0.6) is 5.75 Å². The van der Waals surface area contributed by atoms with Crippen molar-refractivity contribution in [2.24, 2.45) is 7.05 Å². The van der Waals surface area contributed by atoms with Crippen molar-refractivity contribution in [1.29, 1.82) is 0 Å². The standard InChI is InChI=1S/C25H24ClN5O4/c1-13-10-20(29-30(13)2)23(32)28-19-8-9-31-22(19)24(33)27-18-6-4-14(11-17(18)25(31)34)16-12-15(26)5-7-21(16)35-3/h4-7,10-12,19,22H,8-9H2,1-3H3,(H,27,33)(H,28,32)/t19-,22+/m1/s1. The molecule has 2 aliphatic rings. The van der Waals surface area contributed by atoms with E-state index in [-0.39, 0.29) is 23.4 Å². The predicted octanol–water partition coefficient (Wildman–Crippen LogP) is 3.02. The number of methoxy groups -OCH3 is 1. The maximum atomic E-state index is 13.6. The minimum atomic E-state index is -0.826. The van der Waals surface area contributed by atoms with E-state index < -0.39 is 12.1 Å². The number of fused-ring (bicyclic) bond motifs is 2. The van der Waals surface area contributed by atoms with E-state index in [0.29, 0.717) is 35.0 Å². The molecule has 0 aliphatic carbocycles. The second kappa shape index (κ2) is 8.74. The Kier molecular flexibility index (Phi) is 5.72. The Morgan fingerprint density at radius 2 is 1.97 bits per heavy atom. The number of carbonyl (C=O) groups excluding carboxylic acids is 3. The second-order valence-electron chi connectivity index (χ2n) is 8.70. The first-order chi connectivity index (χ1) is 16.8. The van der Waals surface area contributed by atoms with E-state index in [4.69, 9.17) is 16.3 Å². The molecular formula is C25H24ClN5O4. The molecule has 10 heteroatoms. The van der Waals surface area contributed by atoms with Gasteiger partial charge < -0.3 is 20.3 Å². The third-order valence-electron chi connectivity index (χ3n) is 6.57. The van der Waals surface area contributed by atoms with Crippen LogP contribution in [0.4, 0.5) is 5.69 Å². The molecule has 0 unspecified atom stereocenters. The number of nitrogens with one attached hydrogen (secondary N) is 2. The number of carbonyl (C=O) groups is 3. The van der Waals surface area contributed by atoms with Gasteiger partial charge in [0.15, 0.2) is 0 Å². The largest absolute Gasteiger partial charge is 0.496 e. The number of hydrogen-bond acceptors (Lipinski definition) is 5. The van der Waals surface area contributed by atoms with E-state index in [1.54, 1.807) is 61.3 Å². The van der Waals surface area contributed by atoms with Crippen molar-refractivity contribution in [3.63, 3.8) is 0 Å². The van der Waals surface area contributed by atoms with Gasteiger partial charge in [-0.05, 0) is 55.3 Å². The number of hydrogen-bond donors (Lipinski definition) is 2. The van der Waals surface area contributed by atoms with Crippen LogP contribution in [-0.4, -0.2) is 58.1 Å². The average Bonchev–Trinajstić information content (AvgIpc) is 3.38. The number of aryl methyl sites for hydroxylation is 2. The Labute approximate surface area is 207 Å². The van der Waals surface area contributed by atoms with Crippen LogP contribution in [-0.2, 0) is 11.8 Å². The van der Waals surface area contributed by atoms with Gasteiger partial charge in [0.25, 0.3) is 11.8 Å². The molecule has 9 nitrogen and oxygen atoms in total. The first-order valence-electron chi connectivity index (χ1n) is 11.2. The monoisotopic (exact) mass is 493 g/mol. The van der Waals surface area contributed by atoms with E-state index >= 15 is 0 Å².